The molecular weight excluding hydrogens is 238 g/mol. The van der Waals surface area contributed by atoms with E-state index in [1.165, 1.54) is 0 Å². The smallest absolute Gasteiger partial charge is 0.320 e. The molecule has 0 bridgehead atoms. The Morgan fingerprint density at radius 1 is 1.53 bits per heavy atom. The quantitative estimate of drug-likeness (QED) is 0.758. The molecule has 0 saturated heterocycles. The molecule has 1 aromatic rings. The Bertz CT molecular complexity index is 381. The van der Waals surface area contributed by atoms with Crippen LogP contribution >= 0.6 is 11.6 Å². The second kappa shape index (κ2) is 6.62. The van der Waals surface area contributed by atoms with Gasteiger partial charge in [-0.05, 0) is 38.6 Å². The van der Waals surface area contributed by atoms with Gasteiger partial charge in [0, 0.05) is 11.1 Å². The van der Waals surface area contributed by atoms with Crippen LogP contribution in [0.4, 0.5) is 0 Å². The van der Waals surface area contributed by atoms with E-state index < -0.39 is 0 Å². The van der Waals surface area contributed by atoms with Crippen LogP contribution in [0.3, 0.4) is 0 Å². The molecule has 0 fully saturated rings. The molecule has 0 aromatic heterocycles. The predicted octanol–water partition coefficient (Wildman–Crippen LogP) is 2.90. The molecule has 17 heavy (non-hydrogen) atoms. The summed E-state index contributed by atoms with van der Waals surface area (Å²) >= 11 is 5.94. The van der Waals surface area contributed by atoms with Crippen molar-refractivity contribution in [1.82, 2.24) is 4.90 Å². The molecule has 1 rings (SSSR count). The Kier molecular flexibility index (Phi) is 5.45. The number of esters is 1. The number of halogens is 1. The largest absolute Gasteiger partial charge is 0.465 e. The molecule has 3 nitrogen and oxygen atoms in total. The molecule has 0 aliphatic rings. The molecule has 1 atom stereocenters. The molecule has 0 heterocycles. The van der Waals surface area contributed by atoms with Crippen molar-refractivity contribution in [3.63, 3.8) is 0 Å². The first-order valence-corrected chi connectivity index (χ1v) is 6.03. The third-order valence-electron chi connectivity index (χ3n) is 2.68. The predicted molar refractivity (Wildman–Crippen MR) is 69.1 cm³/mol. The van der Waals surface area contributed by atoms with Gasteiger partial charge in [-0.25, -0.2) is 0 Å². The van der Waals surface area contributed by atoms with E-state index in [1.807, 2.05) is 43.1 Å². The maximum atomic E-state index is 11.4. The summed E-state index contributed by atoms with van der Waals surface area (Å²) in [6.45, 7) is 4.53. The van der Waals surface area contributed by atoms with Gasteiger partial charge in [0.1, 0.15) is 0 Å². The van der Waals surface area contributed by atoms with Gasteiger partial charge < -0.3 is 4.74 Å². The standard InChI is InChI=1S/C13H18ClNO2/c1-4-17-13(16)9-15(3)10(2)11-6-5-7-12(14)8-11/h5-8,10H,4,9H2,1-3H3. The normalized spacial score (nSPS) is 12.5. The van der Waals surface area contributed by atoms with Crippen LogP contribution in [0.2, 0.25) is 5.02 Å². The molecular formula is C13H18ClNO2. The zero-order valence-electron chi connectivity index (χ0n) is 10.4. The van der Waals surface area contributed by atoms with Gasteiger partial charge in [0.15, 0.2) is 0 Å². The number of benzene rings is 1. The van der Waals surface area contributed by atoms with Crippen molar-refractivity contribution in [3.8, 4) is 0 Å². The number of ether oxygens (including phenoxy) is 1. The first kappa shape index (κ1) is 14.0. The Morgan fingerprint density at radius 2 is 2.24 bits per heavy atom. The molecule has 94 valence electrons. The lowest BCUT2D eigenvalue weighted by Gasteiger charge is -2.24. The minimum Gasteiger partial charge on any atom is -0.465 e. The second-order valence-corrected chi connectivity index (χ2v) is 4.39. The van der Waals surface area contributed by atoms with Crippen LogP contribution in [0.25, 0.3) is 0 Å². The molecule has 0 amide bonds. The van der Waals surface area contributed by atoms with Gasteiger partial charge in [0.2, 0.25) is 0 Å². The number of rotatable bonds is 5. The SMILES string of the molecule is CCOC(=O)CN(C)C(C)c1cccc(Cl)c1. The molecule has 0 radical (unpaired) electrons. The Balaban J connectivity index is 2.63. The number of hydrogen-bond acceptors (Lipinski definition) is 3. The van der Waals surface area contributed by atoms with E-state index in [1.54, 1.807) is 6.92 Å². The maximum Gasteiger partial charge on any atom is 0.320 e. The first-order valence-electron chi connectivity index (χ1n) is 5.66. The van der Waals surface area contributed by atoms with Gasteiger partial charge in [0.25, 0.3) is 0 Å². The number of nitrogens with zero attached hydrogens (tertiary/aromatic N) is 1. The van der Waals surface area contributed by atoms with Crippen LogP contribution in [0.1, 0.15) is 25.5 Å². The highest BCUT2D eigenvalue weighted by molar-refractivity contribution is 6.30. The van der Waals surface area contributed by atoms with Gasteiger partial charge in [-0.15, -0.1) is 0 Å². The Morgan fingerprint density at radius 3 is 2.82 bits per heavy atom. The summed E-state index contributed by atoms with van der Waals surface area (Å²) < 4.78 is 4.92. The Hall–Kier alpha value is -1.06. The summed E-state index contributed by atoms with van der Waals surface area (Å²) in [4.78, 5) is 13.3. The van der Waals surface area contributed by atoms with Gasteiger partial charge in [-0.3, -0.25) is 9.69 Å². The fraction of sp³-hybridized carbons (Fsp3) is 0.462. The lowest BCUT2D eigenvalue weighted by molar-refractivity contribution is -0.144. The third kappa shape index (κ3) is 4.36. The van der Waals surface area contributed by atoms with Crippen LogP contribution < -0.4 is 0 Å². The zero-order valence-corrected chi connectivity index (χ0v) is 11.2. The van der Waals surface area contributed by atoms with Crippen molar-refractivity contribution < 1.29 is 9.53 Å². The van der Waals surface area contributed by atoms with Gasteiger partial charge in [0.05, 0.1) is 13.2 Å². The van der Waals surface area contributed by atoms with E-state index in [0.29, 0.717) is 11.6 Å². The van der Waals surface area contributed by atoms with Gasteiger partial charge in [-0.1, -0.05) is 23.7 Å². The summed E-state index contributed by atoms with van der Waals surface area (Å²) in [6.07, 6.45) is 0. The minimum absolute atomic E-state index is 0.123. The van der Waals surface area contributed by atoms with Gasteiger partial charge >= 0.3 is 5.97 Å². The van der Waals surface area contributed by atoms with Crippen LogP contribution in [0.5, 0.6) is 0 Å². The van der Waals surface area contributed by atoms with E-state index in [0.717, 1.165) is 5.56 Å². The lowest BCUT2D eigenvalue weighted by atomic mass is 10.1. The highest BCUT2D eigenvalue weighted by Crippen LogP contribution is 2.21. The first-order chi connectivity index (χ1) is 8.04. The average molecular weight is 256 g/mol. The van der Waals surface area contributed by atoms with Crippen molar-refractivity contribution in [2.45, 2.75) is 19.9 Å². The summed E-state index contributed by atoms with van der Waals surface area (Å²) in [5.74, 6) is -0.205. The van der Waals surface area contributed by atoms with E-state index >= 15 is 0 Å². The molecule has 1 aromatic carbocycles. The summed E-state index contributed by atoms with van der Waals surface area (Å²) in [7, 11) is 1.89. The fourth-order valence-corrected chi connectivity index (χ4v) is 1.77. The van der Waals surface area contributed by atoms with Crippen LogP contribution in [-0.2, 0) is 9.53 Å². The maximum absolute atomic E-state index is 11.4. The molecule has 4 heteroatoms. The summed E-state index contributed by atoms with van der Waals surface area (Å²) in [5.41, 5.74) is 1.09. The van der Waals surface area contributed by atoms with Crippen molar-refractivity contribution in [2.24, 2.45) is 0 Å². The van der Waals surface area contributed by atoms with Crippen LogP contribution in [0.15, 0.2) is 24.3 Å². The number of carbonyl (C=O) groups excluding carboxylic acids is 1. The Labute approximate surface area is 107 Å². The molecule has 0 N–H and O–H groups in total. The number of hydrogen-bond donors (Lipinski definition) is 0. The van der Waals surface area contributed by atoms with Crippen molar-refractivity contribution in [2.75, 3.05) is 20.2 Å². The van der Waals surface area contributed by atoms with Crippen molar-refractivity contribution in [3.05, 3.63) is 34.9 Å². The van der Waals surface area contributed by atoms with E-state index in [-0.39, 0.29) is 18.6 Å². The molecule has 0 spiro atoms. The minimum atomic E-state index is -0.205. The van der Waals surface area contributed by atoms with E-state index in [9.17, 15) is 4.79 Å². The van der Waals surface area contributed by atoms with Crippen molar-refractivity contribution in [1.29, 1.82) is 0 Å². The summed E-state index contributed by atoms with van der Waals surface area (Å²) in [6, 6.07) is 7.78. The lowest BCUT2D eigenvalue weighted by Crippen LogP contribution is -2.29. The number of carbonyl (C=O) groups is 1. The highest BCUT2D eigenvalue weighted by atomic mass is 35.5. The topological polar surface area (TPSA) is 29.5 Å². The third-order valence-corrected chi connectivity index (χ3v) is 2.91. The van der Waals surface area contributed by atoms with Crippen LogP contribution in [0, 0.1) is 0 Å². The molecule has 1 unspecified atom stereocenters. The zero-order chi connectivity index (χ0) is 12.8. The van der Waals surface area contributed by atoms with Gasteiger partial charge in [-0.2, -0.15) is 0 Å². The van der Waals surface area contributed by atoms with Crippen LogP contribution in [-0.4, -0.2) is 31.1 Å². The van der Waals surface area contributed by atoms with E-state index in [2.05, 4.69) is 0 Å². The summed E-state index contributed by atoms with van der Waals surface area (Å²) in [5, 5.41) is 0.707. The highest BCUT2D eigenvalue weighted by Gasteiger charge is 2.15. The number of likely N-dealkylation sites (N-methyl/N-ethyl adjacent to an activating group) is 1. The van der Waals surface area contributed by atoms with E-state index in [4.69, 9.17) is 16.3 Å². The molecule has 0 aliphatic heterocycles. The second-order valence-electron chi connectivity index (χ2n) is 3.95. The van der Waals surface area contributed by atoms with Crippen molar-refractivity contribution >= 4 is 17.6 Å². The molecule has 0 saturated carbocycles. The molecule has 0 aliphatic carbocycles. The monoisotopic (exact) mass is 255 g/mol. The fourth-order valence-electron chi connectivity index (χ4n) is 1.57. The average Bonchev–Trinajstić information content (AvgIpc) is 2.28.